The summed E-state index contributed by atoms with van der Waals surface area (Å²) in [5.41, 5.74) is 4.59. The molecule has 0 aliphatic rings. The lowest BCUT2D eigenvalue weighted by Crippen LogP contribution is -2.28. The Morgan fingerprint density at radius 3 is 2.91 bits per heavy atom. The van der Waals surface area contributed by atoms with Crippen LogP contribution in [0.5, 0.6) is 0 Å². The molecule has 0 unspecified atom stereocenters. The predicted octanol–water partition coefficient (Wildman–Crippen LogP) is 1.54. The van der Waals surface area contributed by atoms with E-state index in [1.54, 1.807) is 22.9 Å². The molecule has 0 radical (unpaired) electrons. The zero-order valence-electron chi connectivity index (χ0n) is 13.6. The monoisotopic (exact) mass is 312 g/mol. The zero-order chi connectivity index (χ0) is 16.4. The van der Waals surface area contributed by atoms with Gasteiger partial charge < -0.3 is 5.32 Å². The van der Waals surface area contributed by atoms with Crippen LogP contribution in [0.25, 0.3) is 5.65 Å². The number of nitrogens with one attached hydrogen (secondary N) is 1. The van der Waals surface area contributed by atoms with Gasteiger partial charge in [0.2, 0.25) is 0 Å². The molecule has 7 heteroatoms. The maximum atomic E-state index is 12.3. The molecule has 0 atom stereocenters. The third kappa shape index (κ3) is 2.81. The van der Waals surface area contributed by atoms with Gasteiger partial charge in [0.25, 0.3) is 5.91 Å². The van der Waals surface area contributed by atoms with Gasteiger partial charge in [0.05, 0.1) is 17.8 Å². The van der Waals surface area contributed by atoms with Gasteiger partial charge in [-0.15, -0.1) is 10.2 Å². The van der Waals surface area contributed by atoms with Crippen molar-refractivity contribution < 1.29 is 4.79 Å². The standard InChI is InChI=1S/C16H20N6O/c1-4-13-11(2)20-22(12(13)3)9-7-17-16(23)14-6-5-8-21-10-18-19-15(14)21/h5-6,8,10H,4,7,9H2,1-3H3,(H,17,23). The fourth-order valence-corrected chi connectivity index (χ4v) is 2.86. The van der Waals surface area contributed by atoms with E-state index in [1.807, 2.05) is 17.8 Å². The second-order valence-corrected chi connectivity index (χ2v) is 5.47. The van der Waals surface area contributed by atoms with Crippen molar-refractivity contribution in [3.05, 3.63) is 47.2 Å². The summed E-state index contributed by atoms with van der Waals surface area (Å²) in [7, 11) is 0. The van der Waals surface area contributed by atoms with Gasteiger partial charge in [-0.3, -0.25) is 13.9 Å². The molecule has 0 aliphatic heterocycles. The third-order valence-electron chi connectivity index (χ3n) is 4.06. The Balaban J connectivity index is 1.67. The average Bonchev–Trinajstić information content (AvgIpc) is 3.11. The topological polar surface area (TPSA) is 77.1 Å². The highest BCUT2D eigenvalue weighted by atomic mass is 16.1. The van der Waals surface area contributed by atoms with E-state index < -0.39 is 0 Å². The Bertz CT molecular complexity index is 847. The number of carbonyl (C=O) groups is 1. The fraction of sp³-hybridized carbons (Fsp3) is 0.375. The molecule has 0 spiro atoms. The largest absolute Gasteiger partial charge is 0.350 e. The number of pyridine rings is 1. The van der Waals surface area contributed by atoms with E-state index in [1.165, 1.54) is 11.3 Å². The summed E-state index contributed by atoms with van der Waals surface area (Å²) in [6.07, 6.45) is 4.36. The Hall–Kier alpha value is -2.70. The predicted molar refractivity (Wildman–Crippen MR) is 86.4 cm³/mol. The smallest absolute Gasteiger partial charge is 0.255 e. The average molecular weight is 312 g/mol. The zero-order valence-corrected chi connectivity index (χ0v) is 13.6. The molecule has 7 nitrogen and oxygen atoms in total. The summed E-state index contributed by atoms with van der Waals surface area (Å²) in [6, 6.07) is 3.55. The molecule has 3 heterocycles. The van der Waals surface area contributed by atoms with Gasteiger partial charge >= 0.3 is 0 Å². The van der Waals surface area contributed by atoms with Crippen LogP contribution in [0.2, 0.25) is 0 Å². The van der Waals surface area contributed by atoms with Crippen LogP contribution < -0.4 is 5.32 Å². The lowest BCUT2D eigenvalue weighted by Gasteiger charge is -2.08. The van der Waals surface area contributed by atoms with Crippen molar-refractivity contribution in [1.82, 2.24) is 29.7 Å². The van der Waals surface area contributed by atoms with E-state index in [-0.39, 0.29) is 5.91 Å². The number of amides is 1. The summed E-state index contributed by atoms with van der Waals surface area (Å²) in [4.78, 5) is 12.3. The van der Waals surface area contributed by atoms with E-state index >= 15 is 0 Å². The molecule has 0 aromatic carbocycles. The Morgan fingerprint density at radius 2 is 2.17 bits per heavy atom. The molecule has 0 fully saturated rings. The number of carbonyl (C=O) groups excluding carboxylic acids is 1. The van der Waals surface area contributed by atoms with Crippen molar-refractivity contribution in [2.75, 3.05) is 6.54 Å². The molecule has 3 aromatic heterocycles. The summed E-state index contributed by atoms with van der Waals surface area (Å²) in [6.45, 7) is 7.38. The van der Waals surface area contributed by atoms with Gasteiger partial charge in [-0.25, -0.2) is 0 Å². The second-order valence-electron chi connectivity index (χ2n) is 5.47. The molecule has 1 N–H and O–H groups in total. The van der Waals surface area contributed by atoms with Gasteiger partial charge in [-0.1, -0.05) is 6.92 Å². The molecule has 23 heavy (non-hydrogen) atoms. The number of aryl methyl sites for hydroxylation is 1. The van der Waals surface area contributed by atoms with Crippen LogP contribution in [0.4, 0.5) is 0 Å². The second kappa shape index (κ2) is 6.20. The highest BCUT2D eigenvalue weighted by Crippen LogP contribution is 2.13. The van der Waals surface area contributed by atoms with Crippen molar-refractivity contribution in [3.63, 3.8) is 0 Å². The molecule has 0 saturated heterocycles. The van der Waals surface area contributed by atoms with Crippen molar-refractivity contribution in [3.8, 4) is 0 Å². The van der Waals surface area contributed by atoms with Gasteiger partial charge in [0, 0.05) is 18.4 Å². The van der Waals surface area contributed by atoms with Crippen LogP contribution >= 0.6 is 0 Å². The van der Waals surface area contributed by atoms with Gasteiger partial charge in [-0.05, 0) is 38.0 Å². The SMILES string of the molecule is CCc1c(C)nn(CCNC(=O)c2cccn3cnnc23)c1C. The van der Waals surface area contributed by atoms with Crippen molar-refractivity contribution in [1.29, 1.82) is 0 Å². The van der Waals surface area contributed by atoms with E-state index in [9.17, 15) is 4.79 Å². The Kier molecular flexibility index (Phi) is 4.10. The molecule has 0 saturated carbocycles. The number of hydrogen-bond donors (Lipinski definition) is 1. The van der Waals surface area contributed by atoms with Crippen LogP contribution in [0.15, 0.2) is 24.7 Å². The minimum Gasteiger partial charge on any atom is -0.350 e. The highest BCUT2D eigenvalue weighted by Gasteiger charge is 2.13. The highest BCUT2D eigenvalue weighted by molar-refractivity contribution is 5.99. The summed E-state index contributed by atoms with van der Waals surface area (Å²) < 4.78 is 3.68. The van der Waals surface area contributed by atoms with E-state index in [0.717, 1.165) is 12.1 Å². The van der Waals surface area contributed by atoms with Crippen LogP contribution in [-0.4, -0.2) is 36.8 Å². The Morgan fingerprint density at radius 1 is 1.35 bits per heavy atom. The molecule has 0 aliphatic carbocycles. The first kappa shape index (κ1) is 15.2. The first-order valence-electron chi connectivity index (χ1n) is 7.71. The van der Waals surface area contributed by atoms with Crippen molar-refractivity contribution >= 4 is 11.6 Å². The Labute approximate surface area is 134 Å². The van der Waals surface area contributed by atoms with Crippen LogP contribution in [0.3, 0.4) is 0 Å². The maximum absolute atomic E-state index is 12.3. The molecule has 0 bridgehead atoms. The normalized spacial score (nSPS) is 11.1. The number of hydrogen-bond acceptors (Lipinski definition) is 4. The number of aromatic nitrogens is 5. The van der Waals surface area contributed by atoms with Gasteiger partial charge in [0.1, 0.15) is 6.33 Å². The van der Waals surface area contributed by atoms with Gasteiger partial charge in [-0.2, -0.15) is 5.10 Å². The summed E-state index contributed by atoms with van der Waals surface area (Å²) >= 11 is 0. The number of rotatable bonds is 5. The van der Waals surface area contributed by atoms with Gasteiger partial charge in [0.15, 0.2) is 5.65 Å². The molecular weight excluding hydrogens is 292 g/mol. The maximum Gasteiger partial charge on any atom is 0.255 e. The fourth-order valence-electron chi connectivity index (χ4n) is 2.86. The van der Waals surface area contributed by atoms with Crippen LogP contribution in [0, 0.1) is 13.8 Å². The summed E-state index contributed by atoms with van der Waals surface area (Å²) in [5.74, 6) is -0.152. The first-order chi connectivity index (χ1) is 11.1. The summed E-state index contributed by atoms with van der Waals surface area (Å²) in [5, 5.41) is 15.3. The lowest BCUT2D eigenvalue weighted by molar-refractivity contribution is 0.0953. The molecule has 3 aromatic rings. The van der Waals surface area contributed by atoms with Crippen molar-refractivity contribution in [2.24, 2.45) is 0 Å². The van der Waals surface area contributed by atoms with Crippen LogP contribution in [-0.2, 0) is 13.0 Å². The van der Waals surface area contributed by atoms with E-state index in [2.05, 4.69) is 34.5 Å². The van der Waals surface area contributed by atoms with Crippen LogP contribution in [0.1, 0.15) is 34.2 Å². The molecule has 1 amide bonds. The van der Waals surface area contributed by atoms with E-state index in [0.29, 0.717) is 24.3 Å². The van der Waals surface area contributed by atoms with E-state index in [4.69, 9.17) is 0 Å². The minimum absolute atomic E-state index is 0.152. The first-order valence-corrected chi connectivity index (χ1v) is 7.71. The minimum atomic E-state index is -0.152. The third-order valence-corrected chi connectivity index (χ3v) is 4.06. The lowest BCUT2D eigenvalue weighted by atomic mass is 10.1. The van der Waals surface area contributed by atoms with Crippen molar-refractivity contribution in [2.45, 2.75) is 33.7 Å². The molecular formula is C16H20N6O. The quantitative estimate of drug-likeness (QED) is 0.775. The molecule has 3 rings (SSSR count). The molecule has 120 valence electrons. The number of nitrogens with zero attached hydrogens (tertiary/aromatic N) is 5. The number of fused-ring (bicyclic) bond motifs is 1.